The molecule has 2 amide bonds. The van der Waals surface area contributed by atoms with Gasteiger partial charge in [-0.15, -0.1) is 0 Å². The molecule has 6 heteroatoms. The lowest BCUT2D eigenvalue weighted by atomic mass is 10.1. The molecule has 6 nitrogen and oxygen atoms in total. The van der Waals surface area contributed by atoms with E-state index in [1.54, 1.807) is 0 Å². The molecular formula is C8H12N2O4. The molecule has 78 valence electrons. The molecule has 1 unspecified atom stereocenters. The second kappa shape index (κ2) is 4.59. The first kappa shape index (κ1) is 10.5. The Kier molecular flexibility index (Phi) is 3.44. The molecule has 3 N–H and O–H groups in total. The van der Waals surface area contributed by atoms with Crippen LogP contribution < -0.4 is 10.6 Å². The van der Waals surface area contributed by atoms with E-state index in [-0.39, 0.29) is 5.91 Å². The molecule has 1 fully saturated rings. The Morgan fingerprint density at radius 2 is 2.29 bits per heavy atom. The highest BCUT2D eigenvalue weighted by molar-refractivity contribution is 5.96. The molecule has 1 saturated heterocycles. The standard InChI is InChI=1S/C8H12N2O4/c11-6(4-7(12)13)10-5-2-1-3-9-8(5)14/h5H,1-4H2,(H,9,14)(H,10,11)(H,12,13). The predicted octanol–water partition coefficient (Wildman–Crippen LogP) is -1.14. The maximum absolute atomic E-state index is 11.1. The van der Waals surface area contributed by atoms with E-state index in [2.05, 4.69) is 10.6 Å². The Labute approximate surface area is 80.7 Å². The Morgan fingerprint density at radius 1 is 1.57 bits per heavy atom. The normalized spacial score (nSPS) is 21.1. The third-order valence-corrected chi connectivity index (χ3v) is 1.93. The van der Waals surface area contributed by atoms with Gasteiger partial charge in [-0.25, -0.2) is 0 Å². The second-order valence-corrected chi connectivity index (χ2v) is 3.12. The number of carbonyl (C=O) groups is 3. The van der Waals surface area contributed by atoms with Crippen molar-refractivity contribution in [2.75, 3.05) is 6.54 Å². The molecule has 1 rings (SSSR count). The number of hydrogen-bond acceptors (Lipinski definition) is 3. The van der Waals surface area contributed by atoms with Gasteiger partial charge in [0.2, 0.25) is 11.8 Å². The first-order chi connectivity index (χ1) is 6.59. The minimum absolute atomic E-state index is 0.241. The van der Waals surface area contributed by atoms with Gasteiger partial charge in [-0.2, -0.15) is 0 Å². The zero-order chi connectivity index (χ0) is 10.6. The van der Waals surface area contributed by atoms with Gasteiger partial charge >= 0.3 is 5.97 Å². The third-order valence-electron chi connectivity index (χ3n) is 1.93. The number of nitrogens with one attached hydrogen (secondary N) is 2. The quantitative estimate of drug-likeness (QED) is 0.501. The fourth-order valence-corrected chi connectivity index (χ4v) is 1.29. The monoisotopic (exact) mass is 200 g/mol. The van der Waals surface area contributed by atoms with Crippen molar-refractivity contribution in [1.82, 2.24) is 10.6 Å². The van der Waals surface area contributed by atoms with Gasteiger partial charge < -0.3 is 15.7 Å². The van der Waals surface area contributed by atoms with Crippen molar-refractivity contribution in [3.8, 4) is 0 Å². The van der Waals surface area contributed by atoms with Crippen molar-refractivity contribution in [2.24, 2.45) is 0 Å². The molecule has 1 aliphatic heterocycles. The molecule has 0 bridgehead atoms. The summed E-state index contributed by atoms with van der Waals surface area (Å²) in [4.78, 5) is 32.3. The molecule has 1 heterocycles. The van der Waals surface area contributed by atoms with E-state index >= 15 is 0 Å². The van der Waals surface area contributed by atoms with E-state index in [4.69, 9.17) is 5.11 Å². The zero-order valence-electron chi connectivity index (χ0n) is 7.58. The molecule has 0 aromatic rings. The van der Waals surface area contributed by atoms with E-state index < -0.39 is 24.3 Å². The van der Waals surface area contributed by atoms with Crippen LogP contribution in [0.5, 0.6) is 0 Å². The van der Waals surface area contributed by atoms with Gasteiger partial charge in [-0.3, -0.25) is 14.4 Å². The van der Waals surface area contributed by atoms with Crippen LogP contribution in [0.15, 0.2) is 0 Å². The molecular weight excluding hydrogens is 188 g/mol. The largest absolute Gasteiger partial charge is 0.481 e. The summed E-state index contributed by atoms with van der Waals surface area (Å²) in [5, 5.41) is 13.3. The summed E-state index contributed by atoms with van der Waals surface area (Å²) in [6, 6.07) is -0.574. The van der Waals surface area contributed by atoms with Gasteiger partial charge in [0, 0.05) is 6.54 Å². The molecule has 0 aromatic carbocycles. The summed E-state index contributed by atoms with van der Waals surface area (Å²) in [5.41, 5.74) is 0. The number of carbonyl (C=O) groups excluding carboxylic acids is 2. The van der Waals surface area contributed by atoms with Crippen molar-refractivity contribution in [2.45, 2.75) is 25.3 Å². The van der Waals surface area contributed by atoms with E-state index in [1.165, 1.54) is 0 Å². The number of rotatable bonds is 3. The van der Waals surface area contributed by atoms with Gasteiger partial charge in [0.1, 0.15) is 12.5 Å². The van der Waals surface area contributed by atoms with Crippen LogP contribution in [0, 0.1) is 0 Å². The average molecular weight is 200 g/mol. The summed E-state index contributed by atoms with van der Waals surface area (Å²) in [6.07, 6.45) is 0.769. The Morgan fingerprint density at radius 3 is 2.86 bits per heavy atom. The molecule has 1 aliphatic rings. The lowest BCUT2D eigenvalue weighted by Gasteiger charge is -2.22. The van der Waals surface area contributed by atoms with Crippen LogP contribution in [0.3, 0.4) is 0 Å². The summed E-state index contributed by atoms with van der Waals surface area (Å²) < 4.78 is 0. The van der Waals surface area contributed by atoms with Crippen LogP contribution in [0.1, 0.15) is 19.3 Å². The SMILES string of the molecule is O=C(O)CC(=O)NC1CCCNC1=O. The van der Waals surface area contributed by atoms with E-state index in [0.717, 1.165) is 6.42 Å². The van der Waals surface area contributed by atoms with Gasteiger partial charge in [-0.05, 0) is 12.8 Å². The lowest BCUT2D eigenvalue weighted by Crippen LogP contribution is -2.50. The number of hydrogen-bond donors (Lipinski definition) is 3. The highest BCUT2D eigenvalue weighted by Crippen LogP contribution is 2.02. The minimum Gasteiger partial charge on any atom is -0.481 e. The minimum atomic E-state index is -1.20. The summed E-state index contributed by atoms with van der Waals surface area (Å²) in [5.74, 6) is -2.06. The highest BCUT2D eigenvalue weighted by atomic mass is 16.4. The first-order valence-electron chi connectivity index (χ1n) is 4.38. The third kappa shape index (κ3) is 3.04. The van der Waals surface area contributed by atoms with Gasteiger partial charge in [0.05, 0.1) is 0 Å². The molecule has 0 saturated carbocycles. The number of piperidine rings is 1. The average Bonchev–Trinajstić information content (AvgIpc) is 2.07. The second-order valence-electron chi connectivity index (χ2n) is 3.12. The fraction of sp³-hybridized carbons (Fsp3) is 0.625. The molecule has 1 atom stereocenters. The van der Waals surface area contributed by atoms with Crippen LogP contribution >= 0.6 is 0 Å². The number of carboxylic acids is 1. The van der Waals surface area contributed by atoms with E-state index in [0.29, 0.717) is 13.0 Å². The maximum atomic E-state index is 11.1. The molecule has 0 aromatic heterocycles. The van der Waals surface area contributed by atoms with Crippen molar-refractivity contribution >= 4 is 17.8 Å². The molecule has 0 spiro atoms. The van der Waals surface area contributed by atoms with Gasteiger partial charge in [0.25, 0.3) is 0 Å². The smallest absolute Gasteiger partial charge is 0.312 e. The van der Waals surface area contributed by atoms with Crippen molar-refractivity contribution in [3.05, 3.63) is 0 Å². The van der Waals surface area contributed by atoms with Crippen LogP contribution in [0.25, 0.3) is 0 Å². The van der Waals surface area contributed by atoms with Crippen LogP contribution in [0.2, 0.25) is 0 Å². The summed E-state index contributed by atoms with van der Waals surface area (Å²) >= 11 is 0. The van der Waals surface area contributed by atoms with E-state index in [1.807, 2.05) is 0 Å². The Balaban J connectivity index is 2.38. The molecule has 0 aliphatic carbocycles. The van der Waals surface area contributed by atoms with Crippen LogP contribution in [0.4, 0.5) is 0 Å². The van der Waals surface area contributed by atoms with Crippen molar-refractivity contribution in [1.29, 1.82) is 0 Å². The molecule has 0 radical (unpaired) electrons. The Hall–Kier alpha value is -1.59. The fourth-order valence-electron chi connectivity index (χ4n) is 1.29. The lowest BCUT2D eigenvalue weighted by molar-refractivity contribution is -0.142. The summed E-state index contributed by atoms with van der Waals surface area (Å²) in [7, 11) is 0. The number of aliphatic carboxylic acids is 1. The topological polar surface area (TPSA) is 95.5 Å². The predicted molar refractivity (Wildman–Crippen MR) is 46.4 cm³/mol. The summed E-state index contributed by atoms with van der Waals surface area (Å²) in [6.45, 7) is 0.615. The Bertz CT molecular complexity index is 264. The highest BCUT2D eigenvalue weighted by Gasteiger charge is 2.23. The van der Waals surface area contributed by atoms with E-state index in [9.17, 15) is 14.4 Å². The number of carboxylic acid groups (broad SMARTS) is 1. The zero-order valence-corrected chi connectivity index (χ0v) is 7.58. The maximum Gasteiger partial charge on any atom is 0.312 e. The van der Waals surface area contributed by atoms with Gasteiger partial charge in [0.15, 0.2) is 0 Å². The van der Waals surface area contributed by atoms with Crippen LogP contribution in [-0.4, -0.2) is 35.5 Å². The van der Waals surface area contributed by atoms with Crippen molar-refractivity contribution < 1.29 is 19.5 Å². The van der Waals surface area contributed by atoms with Crippen molar-refractivity contribution in [3.63, 3.8) is 0 Å². The van der Waals surface area contributed by atoms with Gasteiger partial charge in [-0.1, -0.05) is 0 Å². The van der Waals surface area contributed by atoms with Crippen LogP contribution in [-0.2, 0) is 14.4 Å². The first-order valence-corrected chi connectivity index (χ1v) is 4.38. The number of amides is 2. The molecule has 14 heavy (non-hydrogen) atoms.